The second-order valence-electron chi connectivity index (χ2n) is 2.64. The second kappa shape index (κ2) is 4.59. The maximum absolute atomic E-state index is 10.8. The zero-order valence-electron chi connectivity index (χ0n) is 7.54. The van der Waals surface area contributed by atoms with Crippen LogP contribution in [0.25, 0.3) is 0 Å². The SMILES string of the molecule is CC(=O)Nc1c(C(=O)O)cc(Cl)nc1Br. The molecule has 0 aliphatic carbocycles. The van der Waals surface area contributed by atoms with Gasteiger partial charge in [0.1, 0.15) is 9.76 Å². The average molecular weight is 294 g/mol. The van der Waals surface area contributed by atoms with Crippen molar-refractivity contribution in [3.8, 4) is 0 Å². The van der Waals surface area contributed by atoms with Crippen molar-refractivity contribution in [3.63, 3.8) is 0 Å². The first-order valence-corrected chi connectivity index (χ1v) is 4.96. The summed E-state index contributed by atoms with van der Waals surface area (Å²) in [6.07, 6.45) is 0. The van der Waals surface area contributed by atoms with E-state index < -0.39 is 5.97 Å². The minimum Gasteiger partial charge on any atom is -0.478 e. The number of aromatic nitrogens is 1. The number of carbonyl (C=O) groups excluding carboxylic acids is 1. The molecule has 5 nitrogen and oxygen atoms in total. The molecule has 0 radical (unpaired) electrons. The number of halogens is 2. The van der Waals surface area contributed by atoms with E-state index in [4.69, 9.17) is 16.7 Å². The highest BCUT2D eigenvalue weighted by molar-refractivity contribution is 9.10. The number of aromatic carboxylic acids is 1. The van der Waals surface area contributed by atoms with Gasteiger partial charge >= 0.3 is 5.97 Å². The number of nitrogens with zero attached hydrogens (tertiary/aromatic N) is 1. The fourth-order valence-corrected chi connectivity index (χ4v) is 1.75. The molecule has 0 aliphatic heterocycles. The molecule has 0 spiro atoms. The van der Waals surface area contributed by atoms with Gasteiger partial charge < -0.3 is 10.4 Å². The van der Waals surface area contributed by atoms with Crippen molar-refractivity contribution in [1.82, 2.24) is 4.98 Å². The van der Waals surface area contributed by atoms with Crippen molar-refractivity contribution in [3.05, 3.63) is 21.4 Å². The van der Waals surface area contributed by atoms with E-state index in [1.165, 1.54) is 13.0 Å². The summed E-state index contributed by atoms with van der Waals surface area (Å²) < 4.78 is 0.183. The summed E-state index contributed by atoms with van der Waals surface area (Å²) in [5, 5.41) is 11.3. The van der Waals surface area contributed by atoms with E-state index in [-0.39, 0.29) is 26.9 Å². The Kier molecular flexibility index (Phi) is 3.65. The van der Waals surface area contributed by atoms with Crippen LogP contribution in [-0.2, 0) is 4.79 Å². The van der Waals surface area contributed by atoms with Crippen LogP contribution < -0.4 is 5.32 Å². The van der Waals surface area contributed by atoms with Gasteiger partial charge in [-0.15, -0.1) is 0 Å². The molecule has 0 atom stereocenters. The quantitative estimate of drug-likeness (QED) is 0.819. The Morgan fingerprint density at radius 1 is 1.60 bits per heavy atom. The van der Waals surface area contributed by atoms with Crippen molar-refractivity contribution in [2.45, 2.75) is 6.92 Å². The van der Waals surface area contributed by atoms with Crippen molar-refractivity contribution >= 4 is 45.1 Å². The van der Waals surface area contributed by atoms with E-state index in [2.05, 4.69) is 26.2 Å². The van der Waals surface area contributed by atoms with Crippen molar-refractivity contribution in [2.75, 3.05) is 5.32 Å². The van der Waals surface area contributed by atoms with Crippen LogP contribution in [0, 0.1) is 0 Å². The Bertz CT molecular complexity index is 436. The molecule has 1 rings (SSSR count). The summed E-state index contributed by atoms with van der Waals surface area (Å²) >= 11 is 8.61. The third kappa shape index (κ3) is 2.90. The van der Waals surface area contributed by atoms with E-state index in [1.807, 2.05) is 0 Å². The van der Waals surface area contributed by atoms with Crippen LogP contribution in [0.1, 0.15) is 17.3 Å². The van der Waals surface area contributed by atoms with Crippen LogP contribution in [0.2, 0.25) is 5.15 Å². The average Bonchev–Trinajstić information content (AvgIpc) is 2.08. The number of nitrogens with one attached hydrogen (secondary N) is 1. The van der Waals surface area contributed by atoms with Gasteiger partial charge in [0.15, 0.2) is 0 Å². The second-order valence-corrected chi connectivity index (χ2v) is 3.78. The van der Waals surface area contributed by atoms with Gasteiger partial charge in [0, 0.05) is 6.92 Å². The lowest BCUT2D eigenvalue weighted by atomic mass is 10.2. The Labute approximate surface area is 98.6 Å². The molecule has 2 N–H and O–H groups in total. The topological polar surface area (TPSA) is 79.3 Å². The Hall–Kier alpha value is -1.14. The number of carboxylic acids is 1. The molecule has 0 unspecified atom stereocenters. The van der Waals surface area contributed by atoms with Crippen LogP contribution in [0.3, 0.4) is 0 Å². The smallest absolute Gasteiger partial charge is 0.338 e. The summed E-state index contributed by atoms with van der Waals surface area (Å²) in [6.45, 7) is 1.27. The van der Waals surface area contributed by atoms with E-state index >= 15 is 0 Å². The highest BCUT2D eigenvalue weighted by Crippen LogP contribution is 2.27. The first-order valence-electron chi connectivity index (χ1n) is 3.78. The molecule has 15 heavy (non-hydrogen) atoms. The number of carbonyl (C=O) groups is 2. The number of rotatable bonds is 2. The number of carboxylic acid groups (broad SMARTS) is 1. The van der Waals surface area contributed by atoms with E-state index in [0.29, 0.717) is 0 Å². The summed E-state index contributed by atoms with van der Waals surface area (Å²) in [7, 11) is 0. The number of hydrogen-bond donors (Lipinski definition) is 2. The fourth-order valence-electron chi connectivity index (χ4n) is 0.948. The molecule has 0 bridgehead atoms. The largest absolute Gasteiger partial charge is 0.478 e. The van der Waals surface area contributed by atoms with Crippen LogP contribution in [0.4, 0.5) is 5.69 Å². The molecular weight excluding hydrogens is 287 g/mol. The Morgan fingerprint density at radius 3 is 2.67 bits per heavy atom. The predicted octanol–water partition coefficient (Wildman–Crippen LogP) is 2.15. The predicted molar refractivity (Wildman–Crippen MR) is 58.2 cm³/mol. The van der Waals surface area contributed by atoms with Gasteiger partial charge in [0.25, 0.3) is 0 Å². The van der Waals surface area contributed by atoms with Gasteiger partial charge in [-0.2, -0.15) is 0 Å². The van der Waals surface area contributed by atoms with E-state index in [9.17, 15) is 9.59 Å². The Morgan fingerprint density at radius 2 is 2.20 bits per heavy atom. The zero-order chi connectivity index (χ0) is 11.6. The third-order valence-corrected chi connectivity index (χ3v) is 2.24. The first kappa shape index (κ1) is 11.9. The summed E-state index contributed by atoms with van der Waals surface area (Å²) in [5.41, 5.74) is -0.0172. The van der Waals surface area contributed by atoms with Gasteiger partial charge in [-0.1, -0.05) is 11.6 Å². The summed E-state index contributed by atoms with van der Waals surface area (Å²) in [4.78, 5) is 25.5. The van der Waals surface area contributed by atoms with Crippen LogP contribution >= 0.6 is 27.5 Å². The molecule has 1 aromatic rings. The summed E-state index contributed by atoms with van der Waals surface area (Å²) in [6, 6.07) is 1.17. The molecule has 0 aromatic carbocycles. The van der Waals surface area contributed by atoms with Gasteiger partial charge in [0.2, 0.25) is 5.91 Å². The highest BCUT2D eigenvalue weighted by Gasteiger charge is 2.16. The fraction of sp³-hybridized carbons (Fsp3) is 0.125. The maximum Gasteiger partial charge on any atom is 0.338 e. The molecule has 80 valence electrons. The molecule has 1 amide bonds. The molecule has 0 aliphatic rings. The minimum atomic E-state index is -1.19. The molecule has 0 fully saturated rings. The van der Waals surface area contributed by atoms with Crippen molar-refractivity contribution in [1.29, 1.82) is 0 Å². The highest BCUT2D eigenvalue weighted by atomic mass is 79.9. The van der Waals surface area contributed by atoms with E-state index in [0.717, 1.165) is 0 Å². The van der Waals surface area contributed by atoms with Crippen molar-refractivity contribution in [2.24, 2.45) is 0 Å². The standard InChI is InChI=1S/C8H6BrClN2O3/c1-3(13)11-6-4(8(14)15)2-5(10)12-7(6)9/h2H,1H3,(H,11,13)(H,14,15). The van der Waals surface area contributed by atoms with Crippen molar-refractivity contribution < 1.29 is 14.7 Å². The molecule has 0 saturated carbocycles. The summed E-state index contributed by atoms with van der Waals surface area (Å²) in [5.74, 6) is -1.58. The number of anilines is 1. The lowest BCUT2D eigenvalue weighted by molar-refractivity contribution is -0.114. The first-order chi connectivity index (χ1) is 6.91. The lowest BCUT2D eigenvalue weighted by Gasteiger charge is -2.08. The maximum atomic E-state index is 10.8. The normalized spacial score (nSPS) is 9.80. The zero-order valence-corrected chi connectivity index (χ0v) is 9.89. The van der Waals surface area contributed by atoms with Gasteiger partial charge in [-0.05, 0) is 22.0 Å². The number of hydrogen-bond acceptors (Lipinski definition) is 3. The van der Waals surface area contributed by atoms with Gasteiger partial charge in [-0.25, -0.2) is 9.78 Å². The molecular formula is C8H6BrClN2O3. The van der Waals surface area contributed by atoms with Crippen LogP contribution in [0.15, 0.2) is 10.7 Å². The monoisotopic (exact) mass is 292 g/mol. The molecule has 7 heteroatoms. The lowest BCUT2D eigenvalue weighted by Crippen LogP contribution is -2.12. The molecule has 0 saturated heterocycles. The Balaban J connectivity index is 3.33. The number of amides is 1. The third-order valence-electron chi connectivity index (χ3n) is 1.48. The van der Waals surface area contributed by atoms with Crippen LogP contribution in [-0.4, -0.2) is 22.0 Å². The van der Waals surface area contributed by atoms with Gasteiger partial charge in [-0.3, -0.25) is 4.79 Å². The van der Waals surface area contributed by atoms with E-state index in [1.54, 1.807) is 0 Å². The van der Waals surface area contributed by atoms with Gasteiger partial charge in [0.05, 0.1) is 11.3 Å². The molecule has 1 heterocycles. The minimum absolute atomic E-state index is 0.0355. The number of pyridine rings is 1. The van der Waals surface area contributed by atoms with Crippen LogP contribution in [0.5, 0.6) is 0 Å². The molecule has 1 aromatic heterocycles.